The molecule has 0 aliphatic rings. The number of benzene rings is 2. The van der Waals surface area contributed by atoms with E-state index in [1.165, 1.54) is 0 Å². The van der Waals surface area contributed by atoms with Crippen molar-refractivity contribution in [2.24, 2.45) is 7.05 Å². The Morgan fingerprint density at radius 1 is 1.12 bits per heavy atom. The molecule has 1 atom stereocenters. The summed E-state index contributed by atoms with van der Waals surface area (Å²) in [6.07, 6.45) is -0.351. The number of ether oxygens (including phenoxy) is 2. The van der Waals surface area contributed by atoms with Crippen molar-refractivity contribution in [2.75, 3.05) is 13.7 Å². The lowest BCUT2D eigenvalue weighted by Crippen LogP contribution is -2.29. The molecule has 1 heterocycles. The monoisotopic (exact) mass is 465 g/mol. The topological polar surface area (TPSA) is 103 Å². The Kier molecular flexibility index (Phi) is 8.43. The largest absolute Gasteiger partial charge is 0.496 e. The number of aliphatic carboxylic acids is 1. The van der Waals surface area contributed by atoms with Crippen molar-refractivity contribution in [1.29, 1.82) is 0 Å². The zero-order valence-corrected chi connectivity index (χ0v) is 19.9. The van der Waals surface area contributed by atoms with Crippen LogP contribution >= 0.6 is 0 Å². The first-order valence-electron chi connectivity index (χ1n) is 11.2. The summed E-state index contributed by atoms with van der Waals surface area (Å²) >= 11 is 0. The third kappa shape index (κ3) is 6.45. The van der Waals surface area contributed by atoms with Gasteiger partial charge in [0, 0.05) is 25.6 Å². The lowest BCUT2D eigenvalue weighted by molar-refractivity contribution is -0.153. The smallest absolute Gasteiger partial charge is 0.333 e. The van der Waals surface area contributed by atoms with E-state index in [9.17, 15) is 14.7 Å². The number of aromatic nitrogens is 2. The van der Waals surface area contributed by atoms with E-state index in [1.54, 1.807) is 24.9 Å². The molecule has 0 aliphatic carbocycles. The fourth-order valence-corrected chi connectivity index (χ4v) is 3.72. The first kappa shape index (κ1) is 25.0. The number of methoxy groups -OCH3 is 1. The van der Waals surface area contributed by atoms with Gasteiger partial charge in [0.1, 0.15) is 11.4 Å². The zero-order chi connectivity index (χ0) is 24.7. The van der Waals surface area contributed by atoms with Gasteiger partial charge < -0.3 is 19.9 Å². The Labute approximate surface area is 199 Å². The number of hydrogen-bond acceptors (Lipinski definition) is 5. The second-order valence-corrected chi connectivity index (χ2v) is 8.27. The van der Waals surface area contributed by atoms with Gasteiger partial charge in [-0.15, -0.1) is 0 Å². The molecule has 2 aromatic carbocycles. The van der Waals surface area contributed by atoms with Gasteiger partial charge in [0.2, 0.25) is 0 Å². The molecule has 0 aliphatic heterocycles. The van der Waals surface area contributed by atoms with E-state index in [2.05, 4.69) is 10.4 Å². The van der Waals surface area contributed by atoms with E-state index in [4.69, 9.17) is 9.47 Å². The summed E-state index contributed by atoms with van der Waals surface area (Å²) in [5, 5.41) is 16.8. The van der Waals surface area contributed by atoms with Gasteiger partial charge in [-0.1, -0.05) is 42.5 Å². The molecular formula is C26H31N3O5. The SMILES string of the molecule is COc1ccc(CC(OC(C)C)C(=O)O)cc1CCNC(=O)c1cc(-c2ccccc2)nn1C. The van der Waals surface area contributed by atoms with Gasteiger partial charge in [-0.05, 0) is 43.5 Å². The molecule has 8 nitrogen and oxygen atoms in total. The average molecular weight is 466 g/mol. The summed E-state index contributed by atoms with van der Waals surface area (Å²) < 4.78 is 12.5. The molecule has 1 amide bonds. The first-order valence-corrected chi connectivity index (χ1v) is 11.2. The summed E-state index contributed by atoms with van der Waals surface area (Å²) in [5.41, 5.74) is 3.85. The Hall–Kier alpha value is -3.65. The van der Waals surface area contributed by atoms with E-state index in [0.717, 1.165) is 22.4 Å². The zero-order valence-electron chi connectivity index (χ0n) is 19.9. The van der Waals surface area contributed by atoms with Gasteiger partial charge in [-0.2, -0.15) is 5.10 Å². The molecule has 1 aromatic heterocycles. The van der Waals surface area contributed by atoms with Crippen LogP contribution < -0.4 is 10.1 Å². The van der Waals surface area contributed by atoms with E-state index in [1.807, 2.05) is 62.4 Å². The van der Waals surface area contributed by atoms with Gasteiger partial charge in [0.05, 0.1) is 18.9 Å². The van der Waals surface area contributed by atoms with Crippen LogP contribution in [0.2, 0.25) is 0 Å². The predicted octanol–water partition coefficient (Wildman–Crippen LogP) is 3.49. The van der Waals surface area contributed by atoms with Crippen molar-refractivity contribution >= 4 is 11.9 Å². The Bertz CT molecular complexity index is 1120. The van der Waals surface area contributed by atoms with Crippen LogP contribution in [0.25, 0.3) is 11.3 Å². The Balaban J connectivity index is 1.66. The number of nitrogens with one attached hydrogen (secondary N) is 1. The molecule has 34 heavy (non-hydrogen) atoms. The molecule has 1 unspecified atom stereocenters. The van der Waals surface area contributed by atoms with Crippen molar-refractivity contribution in [3.8, 4) is 17.0 Å². The summed E-state index contributed by atoms with van der Waals surface area (Å²) in [4.78, 5) is 24.3. The minimum Gasteiger partial charge on any atom is -0.496 e. The highest BCUT2D eigenvalue weighted by atomic mass is 16.5. The molecule has 0 spiro atoms. The van der Waals surface area contributed by atoms with Crippen molar-refractivity contribution in [3.63, 3.8) is 0 Å². The summed E-state index contributed by atoms with van der Waals surface area (Å²) in [6.45, 7) is 4.00. The second-order valence-electron chi connectivity index (χ2n) is 8.27. The third-order valence-corrected chi connectivity index (χ3v) is 5.34. The van der Waals surface area contributed by atoms with E-state index < -0.39 is 12.1 Å². The molecule has 0 radical (unpaired) electrons. The van der Waals surface area contributed by atoms with Gasteiger partial charge in [0.15, 0.2) is 6.10 Å². The number of amides is 1. The molecule has 0 bridgehead atoms. The molecule has 3 aromatic rings. The number of carboxylic acid groups (broad SMARTS) is 1. The van der Waals surface area contributed by atoms with Gasteiger partial charge in [-0.3, -0.25) is 9.48 Å². The number of carboxylic acids is 1. The summed E-state index contributed by atoms with van der Waals surface area (Å²) in [5.74, 6) is -0.533. The van der Waals surface area contributed by atoms with Gasteiger partial charge in [-0.25, -0.2) is 4.79 Å². The number of carbonyl (C=O) groups is 2. The highest BCUT2D eigenvalue weighted by molar-refractivity contribution is 5.93. The quantitative estimate of drug-likeness (QED) is 0.449. The van der Waals surface area contributed by atoms with E-state index >= 15 is 0 Å². The van der Waals surface area contributed by atoms with Crippen LogP contribution in [-0.4, -0.2) is 52.6 Å². The van der Waals surface area contributed by atoms with Crippen molar-refractivity contribution in [2.45, 2.75) is 38.9 Å². The molecule has 8 heteroatoms. The van der Waals surface area contributed by atoms with Crippen molar-refractivity contribution in [1.82, 2.24) is 15.1 Å². The average Bonchev–Trinajstić information content (AvgIpc) is 3.20. The van der Waals surface area contributed by atoms with Gasteiger partial charge >= 0.3 is 5.97 Å². The minimum absolute atomic E-state index is 0.191. The molecule has 3 rings (SSSR count). The van der Waals surface area contributed by atoms with Gasteiger partial charge in [0.25, 0.3) is 5.91 Å². The van der Waals surface area contributed by atoms with Crippen molar-refractivity contribution in [3.05, 3.63) is 71.4 Å². The van der Waals surface area contributed by atoms with Crippen LogP contribution in [0, 0.1) is 0 Å². The molecule has 2 N–H and O–H groups in total. The maximum absolute atomic E-state index is 12.8. The van der Waals surface area contributed by atoms with E-state index in [-0.39, 0.29) is 18.4 Å². The lowest BCUT2D eigenvalue weighted by Gasteiger charge is -2.17. The molecule has 0 saturated heterocycles. The van der Waals surface area contributed by atoms with Crippen LogP contribution in [0.4, 0.5) is 0 Å². The standard InChI is InChI=1S/C26H31N3O5/c1-17(2)34-24(26(31)32)15-18-10-11-23(33-4)20(14-18)12-13-27-25(30)22-16-21(28-29(22)3)19-8-6-5-7-9-19/h5-11,14,16-17,24H,12-13,15H2,1-4H3,(H,27,30)(H,31,32). The maximum atomic E-state index is 12.8. The number of carbonyl (C=O) groups excluding carboxylic acids is 1. The highest BCUT2D eigenvalue weighted by Gasteiger charge is 2.21. The third-order valence-electron chi connectivity index (χ3n) is 5.34. The van der Waals surface area contributed by atoms with Crippen LogP contribution in [0.3, 0.4) is 0 Å². The predicted molar refractivity (Wildman–Crippen MR) is 129 cm³/mol. The van der Waals surface area contributed by atoms with Crippen LogP contribution in [0.15, 0.2) is 54.6 Å². The van der Waals surface area contributed by atoms with E-state index in [0.29, 0.717) is 24.4 Å². The van der Waals surface area contributed by atoms with Crippen molar-refractivity contribution < 1.29 is 24.2 Å². The number of rotatable bonds is 11. The normalized spacial score (nSPS) is 11.9. The fraction of sp³-hybridized carbons (Fsp3) is 0.346. The number of aryl methyl sites for hydroxylation is 1. The minimum atomic E-state index is -0.996. The molecular weight excluding hydrogens is 434 g/mol. The number of hydrogen-bond donors (Lipinski definition) is 2. The molecule has 0 saturated carbocycles. The first-order chi connectivity index (χ1) is 16.3. The lowest BCUT2D eigenvalue weighted by atomic mass is 10.0. The van der Waals surface area contributed by atoms with Crippen LogP contribution in [0.5, 0.6) is 5.75 Å². The molecule has 180 valence electrons. The Morgan fingerprint density at radius 2 is 1.85 bits per heavy atom. The second kappa shape index (κ2) is 11.5. The highest BCUT2D eigenvalue weighted by Crippen LogP contribution is 2.22. The Morgan fingerprint density at radius 3 is 2.50 bits per heavy atom. The summed E-state index contributed by atoms with van der Waals surface area (Å²) in [6, 6.07) is 17.0. The number of nitrogens with zero attached hydrogens (tertiary/aromatic N) is 2. The summed E-state index contributed by atoms with van der Waals surface area (Å²) in [7, 11) is 3.33. The maximum Gasteiger partial charge on any atom is 0.333 e. The van der Waals surface area contributed by atoms with Crippen LogP contribution in [0.1, 0.15) is 35.5 Å². The molecule has 0 fully saturated rings. The fourth-order valence-electron chi connectivity index (χ4n) is 3.72. The van der Waals surface area contributed by atoms with Crippen LogP contribution in [-0.2, 0) is 29.4 Å².